The Labute approximate surface area is 142 Å². The van der Waals surface area contributed by atoms with Gasteiger partial charge in [-0.05, 0) is 47.7 Å². The van der Waals surface area contributed by atoms with Crippen LogP contribution in [0, 0.1) is 0 Å². The van der Waals surface area contributed by atoms with Crippen LogP contribution in [0.5, 0.6) is 0 Å². The number of fused-ring (bicyclic) bond motifs is 1. The normalized spacial score (nSPS) is 10.3. The summed E-state index contributed by atoms with van der Waals surface area (Å²) in [6.45, 7) is 3.61. The first-order valence-electron chi connectivity index (χ1n) is 7.23. The molecule has 0 fully saturated rings. The highest BCUT2D eigenvalue weighted by atomic mass is 32.2. The molecule has 6 heteroatoms. The van der Waals surface area contributed by atoms with Crippen LogP contribution in [-0.4, -0.2) is 10.9 Å². The smallest absolute Gasteiger partial charge is 0.261 e. The van der Waals surface area contributed by atoms with Crippen molar-refractivity contribution in [1.82, 2.24) is 4.98 Å². The van der Waals surface area contributed by atoms with Crippen molar-refractivity contribution in [3.8, 4) is 0 Å². The zero-order valence-electron chi connectivity index (χ0n) is 12.7. The Kier molecular flexibility index (Phi) is 4.67. The van der Waals surface area contributed by atoms with Gasteiger partial charge in [-0.1, -0.05) is 24.8 Å². The lowest BCUT2D eigenvalue weighted by Crippen LogP contribution is -2.21. The van der Waals surface area contributed by atoms with Gasteiger partial charge in [-0.2, -0.15) is 0 Å². The Bertz CT molecular complexity index is 966. The minimum atomic E-state index is -0.449. The largest absolute Gasteiger partial charge is 0.360 e. The molecule has 0 saturated carbocycles. The van der Waals surface area contributed by atoms with Gasteiger partial charge in [0.05, 0.1) is 0 Å². The summed E-state index contributed by atoms with van der Waals surface area (Å²) in [7, 11) is 0. The van der Waals surface area contributed by atoms with Gasteiger partial charge in [0.25, 0.3) is 5.91 Å². The molecule has 5 nitrogen and oxygen atoms in total. The molecule has 1 aromatic heterocycles. The van der Waals surface area contributed by atoms with Crippen LogP contribution >= 0.6 is 11.9 Å². The summed E-state index contributed by atoms with van der Waals surface area (Å²) in [4.78, 5) is 27.9. The molecule has 0 radical (unpaired) electrons. The molecule has 3 aromatic rings. The van der Waals surface area contributed by atoms with Gasteiger partial charge in [0, 0.05) is 28.5 Å². The second-order valence-electron chi connectivity index (χ2n) is 5.00. The number of hydrogen-bond donors (Lipinski definition) is 3. The number of hydrogen-bond acceptors (Lipinski definition) is 4. The van der Waals surface area contributed by atoms with Gasteiger partial charge < -0.3 is 15.0 Å². The van der Waals surface area contributed by atoms with Crippen molar-refractivity contribution in [2.45, 2.75) is 0 Å². The Morgan fingerprint density at radius 2 is 1.92 bits per heavy atom. The van der Waals surface area contributed by atoms with E-state index in [1.54, 1.807) is 35.7 Å². The maximum Gasteiger partial charge on any atom is 0.261 e. The SMILES string of the molecule is C=CSNc1cccc(NC(=O)c2c[nH]c3ccccc3c2=O)c1. The molecule has 0 unspecified atom stereocenters. The Balaban J connectivity index is 1.86. The minimum absolute atomic E-state index is 0.0764. The fourth-order valence-corrected chi connectivity index (χ4v) is 2.65. The number of H-pyrrole nitrogens is 1. The fourth-order valence-electron chi connectivity index (χ4n) is 2.30. The topological polar surface area (TPSA) is 74.0 Å². The van der Waals surface area contributed by atoms with E-state index in [0.717, 1.165) is 5.69 Å². The molecule has 24 heavy (non-hydrogen) atoms. The number of carbonyl (C=O) groups is 1. The van der Waals surface area contributed by atoms with Gasteiger partial charge in [-0.15, -0.1) is 0 Å². The average Bonchev–Trinajstić information content (AvgIpc) is 2.60. The van der Waals surface area contributed by atoms with Crippen LogP contribution in [0.2, 0.25) is 0 Å². The van der Waals surface area contributed by atoms with Crippen molar-refractivity contribution in [2.75, 3.05) is 10.0 Å². The maximum atomic E-state index is 12.5. The molecule has 0 saturated heterocycles. The average molecular weight is 337 g/mol. The zero-order chi connectivity index (χ0) is 16.9. The quantitative estimate of drug-likeness (QED) is 0.616. The molecular formula is C18H15N3O2S. The van der Waals surface area contributed by atoms with E-state index in [9.17, 15) is 9.59 Å². The van der Waals surface area contributed by atoms with E-state index < -0.39 is 5.91 Å². The number of para-hydroxylation sites is 1. The first-order valence-corrected chi connectivity index (χ1v) is 8.11. The molecule has 1 amide bonds. The molecule has 3 rings (SSSR count). The van der Waals surface area contributed by atoms with Gasteiger partial charge in [0.2, 0.25) is 5.43 Å². The van der Waals surface area contributed by atoms with Crippen molar-refractivity contribution in [2.24, 2.45) is 0 Å². The lowest BCUT2D eigenvalue weighted by Gasteiger charge is -2.08. The summed E-state index contributed by atoms with van der Waals surface area (Å²) < 4.78 is 3.06. The monoisotopic (exact) mass is 337 g/mol. The lowest BCUT2D eigenvalue weighted by molar-refractivity contribution is 0.102. The van der Waals surface area contributed by atoms with E-state index in [1.165, 1.54) is 18.1 Å². The Hall–Kier alpha value is -2.99. The third kappa shape index (κ3) is 3.33. The van der Waals surface area contributed by atoms with Crippen LogP contribution in [0.25, 0.3) is 10.9 Å². The number of nitrogens with one attached hydrogen (secondary N) is 3. The number of aromatic nitrogens is 1. The van der Waals surface area contributed by atoms with Gasteiger partial charge in [0.1, 0.15) is 5.56 Å². The first kappa shape index (κ1) is 15.9. The van der Waals surface area contributed by atoms with E-state index in [2.05, 4.69) is 21.6 Å². The zero-order valence-corrected chi connectivity index (χ0v) is 13.5. The molecule has 120 valence electrons. The molecule has 3 N–H and O–H groups in total. The first-order chi connectivity index (χ1) is 11.7. The van der Waals surface area contributed by atoms with Crippen LogP contribution in [0.15, 0.2) is 71.5 Å². The predicted octanol–water partition coefficient (Wildman–Crippen LogP) is 3.98. The van der Waals surface area contributed by atoms with Crippen molar-refractivity contribution >= 4 is 40.1 Å². The Morgan fingerprint density at radius 1 is 1.12 bits per heavy atom. The summed E-state index contributed by atoms with van der Waals surface area (Å²) in [5.41, 5.74) is 1.91. The third-order valence-corrected chi connectivity index (χ3v) is 3.93. The number of carbonyl (C=O) groups excluding carboxylic acids is 1. The van der Waals surface area contributed by atoms with E-state index >= 15 is 0 Å². The van der Waals surface area contributed by atoms with Gasteiger partial charge in [-0.3, -0.25) is 9.59 Å². The molecule has 1 heterocycles. The van der Waals surface area contributed by atoms with Crippen LogP contribution in [-0.2, 0) is 0 Å². The van der Waals surface area contributed by atoms with E-state index in [4.69, 9.17) is 0 Å². The van der Waals surface area contributed by atoms with Crippen LogP contribution < -0.4 is 15.5 Å². The van der Waals surface area contributed by atoms with Crippen LogP contribution in [0.1, 0.15) is 10.4 Å². The Morgan fingerprint density at radius 3 is 2.75 bits per heavy atom. The number of benzene rings is 2. The summed E-state index contributed by atoms with van der Waals surface area (Å²) >= 11 is 1.34. The second kappa shape index (κ2) is 7.06. The molecule has 0 atom stereocenters. The summed E-state index contributed by atoms with van der Waals surface area (Å²) in [5, 5.41) is 4.90. The molecule has 0 spiro atoms. The van der Waals surface area contributed by atoms with Crippen molar-refractivity contribution in [1.29, 1.82) is 0 Å². The van der Waals surface area contributed by atoms with Crippen LogP contribution in [0.3, 0.4) is 0 Å². The van der Waals surface area contributed by atoms with Gasteiger partial charge in [-0.25, -0.2) is 0 Å². The lowest BCUT2D eigenvalue weighted by atomic mass is 10.1. The number of amides is 1. The van der Waals surface area contributed by atoms with E-state index in [1.807, 2.05) is 18.2 Å². The summed E-state index contributed by atoms with van der Waals surface area (Å²) in [6, 6.07) is 14.3. The van der Waals surface area contributed by atoms with Gasteiger partial charge >= 0.3 is 0 Å². The molecule has 0 aliphatic carbocycles. The number of aromatic amines is 1. The standard InChI is InChI=1S/C18H15N3O2S/c1-2-24-21-13-7-5-6-12(10-13)20-18(23)15-11-19-16-9-4-3-8-14(16)17(15)22/h2-11,21H,1H2,(H,19,22)(H,20,23). The maximum absolute atomic E-state index is 12.5. The predicted molar refractivity (Wildman–Crippen MR) is 100 cm³/mol. The van der Waals surface area contributed by atoms with E-state index in [-0.39, 0.29) is 11.0 Å². The molecule has 0 aliphatic rings. The molecular weight excluding hydrogens is 322 g/mol. The summed E-state index contributed by atoms with van der Waals surface area (Å²) in [5.74, 6) is -0.449. The highest BCUT2D eigenvalue weighted by molar-refractivity contribution is 8.03. The van der Waals surface area contributed by atoms with Crippen molar-refractivity contribution in [3.05, 3.63) is 82.5 Å². The fraction of sp³-hybridized carbons (Fsp3) is 0. The molecule has 2 aromatic carbocycles. The number of rotatable bonds is 5. The second-order valence-corrected chi connectivity index (χ2v) is 5.77. The summed E-state index contributed by atoms with van der Waals surface area (Å²) in [6.07, 6.45) is 1.44. The molecule has 0 bridgehead atoms. The van der Waals surface area contributed by atoms with Crippen molar-refractivity contribution in [3.63, 3.8) is 0 Å². The third-order valence-electron chi connectivity index (χ3n) is 3.41. The van der Waals surface area contributed by atoms with Gasteiger partial charge in [0.15, 0.2) is 0 Å². The highest BCUT2D eigenvalue weighted by Crippen LogP contribution is 2.19. The van der Waals surface area contributed by atoms with E-state index in [0.29, 0.717) is 16.6 Å². The number of pyridine rings is 1. The number of anilines is 2. The minimum Gasteiger partial charge on any atom is -0.360 e. The molecule has 0 aliphatic heterocycles. The van der Waals surface area contributed by atoms with Crippen molar-refractivity contribution < 1.29 is 4.79 Å². The van der Waals surface area contributed by atoms with Crippen LogP contribution in [0.4, 0.5) is 11.4 Å². The highest BCUT2D eigenvalue weighted by Gasteiger charge is 2.13.